The minimum absolute atomic E-state index is 0.102. The van der Waals surface area contributed by atoms with Crippen LogP contribution in [0.25, 0.3) is 0 Å². The zero-order chi connectivity index (χ0) is 15.9. The van der Waals surface area contributed by atoms with Gasteiger partial charge in [-0.1, -0.05) is 24.6 Å². The number of nitrogens with zero attached hydrogens (tertiary/aromatic N) is 3. The fraction of sp³-hybridized carbons (Fsp3) is 0.312. The first kappa shape index (κ1) is 16.4. The Morgan fingerprint density at radius 1 is 1.32 bits per heavy atom. The van der Waals surface area contributed by atoms with Gasteiger partial charge in [-0.25, -0.2) is 4.98 Å². The number of carbonyl (C=O) groups is 1. The van der Waals surface area contributed by atoms with E-state index in [1.165, 1.54) is 6.20 Å². The van der Waals surface area contributed by atoms with Crippen molar-refractivity contribution in [1.29, 1.82) is 0 Å². The van der Waals surface area contributed by atoms with E-state index in [0.717, 1.165) is 12.1 Å². The lowest BCUT2D eigenvalue weighted by atomic mass is 10.1. The van der Waals surface area contributed by atoms with E-state index in [9.17, 15) is 4.79 Å². The second-order valence-corrected chi connectivity index (χ2v) is 5.44. The number of halogens is 1. The van der Waals surface area contributed by atoms with Gasteiger partial charge in [-0.05, 0) is 37.7 Å². The summed E-state index contributed by atoms with van der Waals surface area (Å²) in [5.74, 6) is 0.375. The number of hydrogen-bond donors (Lipinski definition) is 1. The average molecular weight is 319 g/mol. The summed E-state index contributed by atoms with van der Waals surface area (Å²) < 4.78 is 0. The van der Waals surface area contributed by atoms with Gasteiger partial charge in [0, 0.05) is 12.4 Å². The summed E-state index contributed by atoms with van der Waals surface area (Å²) in [6.07, 6.45) is 4.15. The van der Waals surface area contributed by atoms with Gasteiger partial charge >= 0.3 is 0 Å². The molecular weight excluding hydrogens is 300 g/mol. The Morgan fingerprint density at radius 3 is 2.73 bits per heavy atom. The Hall–Kier alpha value is -1.98. The van der Waals surface area contributed by atoms with Gasteiger partial charge in [0.25, 0.3) is 0 Å². The third-order valence-corrected chi connectivity index (χ3v) is 3.56. The van der Waals surface area contributed by atoms with Crippen LogP contribution in [0.1, 0.15) is 25.1 Å². The Bertz CT molecular complexity index is 603. The second-order valence-electron chi connectivity index (χ2n) is 5.00. The first-order chi connectivity index (χ1) is 10.6. The van der Waals surface area contributed by atoms with Crippen LogP contribution in [0.2, 0.25) is 5.02 Å². The highest BCUT2D eigenvalue weighted by atomic mass is 35.5. The number of likely N-dealkylation sites (N-methyl/N-ethyl adjacent to an activating group) is 1. The molecule has 2 heterocycles. The zero-order valence-corrected chi connectivity index (χ0v) is 13.4. The quantitative estimate of drug-likeness (QED) is 0.889. The summed E-state index contributed by atoms with van der Waals surface area (Å²) >= 11 is 5.77. The molecule has 0 unspecified atom stereocenters. The molecule has 22 heavy (non-hydrogen) atoms. The molecule has 1 N–H and O–H groups in total. The van der Waals surface area contributed by atoms with Crippen molar-refractivity contribution in [3.05, 3.63) is 53.4 Å². The highest BCUT2D eigenvalue weighted by Gasteiger charge is 2.18. The molecule has 0 saturated heterocycles. The maximum Gasteiger partial charge on any atom is 0.239 e. The van der Waals surface area contributed by atoms with Crippen LogP contribution in [0.4, 0.5) is 5.82 Å². The standard InChI is InChI=1S/C16H19ClN4O/c1-3-14(13-6-4-5-9-18-13)21(2)11-16(22)20-15-8-7-12(17)10-19-15/h4-10,14H,3,11H2,1-2H3,(H,19,20,22)/t14-/m1/s1. The molecule has 2 rings (SSSR count). The van der Waals surface area contributed by atoms with Gasteiger partial charge in [-0.3, -0.25) is 14.7 Å². The van der Waals surface area contributed by atoms with Crippen molar-refractivity contribution in [3.8, 4) is 0 Å². The largest absolute Gasteiger partial charge is 0.310 e. The molecule has 0 saturated carbocycles. The van der Waals surface area contributed by atoms with Crippen molar-refractivity contribution in [2.75, 3.05) is 18.9 Å². The Balaban J connectivity index is 1.96. The number of rotatable bonds is 6. The molecule has 0 bridgehead atoms. The summed E-state index contributed by atoms with van der Waals surface area (Å²) in [5, 5.41) is 3.30. The van der Waals surface area contributed by atoms with Gasteiger partial charge in [0.05, 0.1) is 23.3 Å². The molecule has 0 aliphatic carbocycles. The topological polar surface area (TPSA) is 58.1 Å². The summed E-state index contributed by atoms with van der Waals surface area (Å²) in [7, 11) is 1.91. The maximum absolute atomic E-state index is 12.1. The highest BCUT2D eigenvalue weighted by molar-refractivity contribution is 6.30. The van der Waals surface area contributed by atoms with Gasteiger partial charge in [0.2, 0.25) is 5.91 Å². The lowest BCUT2D eigenvalue weighted by molar-refractivity contribution is -0.117. The predicted octanol–water partition coefficient (Wildman–Crippen LogP) is 3.15. The molecule has 0 radical (unpaired) electrons. The number of pyridine rings is 2. The van der Waals surface area contributed by atoms with E-state index in [1.807, 2.05) is 30.1 Å². The van der Waals surface area contributed by atoms with Crippen molar-refractivity contribution < 1.29 is 4.79 Å². The van der Waals surface area contributed by atoms with E-state index in [2.05, 4.69) is 22.2 Å². The van der Waals surface area contributed by atoms with Crippen molar-refractivity contribution in [2.24, 2.45) is 0 Å². The van der Waals surface area contributed by atoms with Crippen LogP contribution in [0, 0.1) is 0 Å². The van der Waals surface area contributed by atoms with E-state index in [4.69, 9.17) is 11.6 Å². The molecule has 1 atom stereocenters. The van der Waals surface area contributed by atoms with Crippen molar-refractivity contribution in [2.45, 2.75) is 19.4 Å². The molecule has 0 aliphatic rings. The van der Waals surface area contributed by atoms with Crippen LogP contribution >= 0.6 is 11.6 Å². The van der Waals surface area contributed by atoms with Gasteiger partial charge < -0.3 is 5.32 Å². The van der Waals surface area contributed by atoms with Gasteiger partial charge in [0.15, 0.2) is 0 Å². The fourth-order valence-corrected chi connectivity index (χ4v) is 2.40. The van der Waals surface area contributed by atoms with Crippen molar-refractivity contribution >= 4 is 23.3 Å². The summed E-state index contributed by atoms with van der Waals surface area (Å²) in [4.78, 5) is 22.5. The Morgan fingerprint density at radius 2 is 2.14 bits per heavy atom. The molecule has 116 valence electrons. The van der Waals surface area contributed by atoms with Crippen LogP contribution in [0.15, 0.2) is 42.7 Å². The van der Waals surface area contributed by atoms with Gasteiger partial charge in [0.1, 0.15) is 5.82 Å². The van der Waals surface area contributed by atoms with Gasteiger partial charge in [-0.2, -0.15) is 0 Å². The fourth-order valence-electron chi connectivity index (χ4n) is 2.29. The normalized spacial score (nSPS) is 12.2. The number of nitrogens with one attached hydrogen (secondary N) is 1. The molecule has 6 heteroatoms. The van der Waals surface area contributed by atoms with Crippen LogP contribution in [0.3, 0.4) is 0 Å². The number of carbonyl (C=O) groups excluding carboxylic acids is 1. The monoisotopic (exact) mass is 318 g/mol. The molecule has 0 aromatic carbocycles. The SMILES string of the molecule is CC[C@H](c1ccccn1)N(C)CC(=O)Nc1ccc(Cl)cn1. The molecule has 0 spiro atoms. The molecule has 1 amide bonds. The summed E-state index contributed by atoms with van der Waals surface area (Å²) in [6, 6.07) is 9.28. The number of anilines is 1. The maximum atomic E-state index is 12.1. The number of amides is 1. The molecule has 0 aliphatic heterocycles. The third kappa shape index (κ3) is 4.51. The Labute approximate surface area is 135 Å². The van der Waals surface area contributed by atoms with Crippen molar-refractivity contribution in [1.82, 2.24) is 14.9 Å². The first-order valence-corrected chi connectivity index (χ1v) is 7.50. The van der Waals surface area contributed by atoms with E-state index < -0.39 is 0 Å². The summed E-state index contributed by atoms with van der Waals surface area (Å²) in [6.45, 7) is 2.34. The van der Waals surface area contributed by atoms with E-state index >= 15 is 0 Å². The van der Waals surface area contributed by atoms with E-state index in [-0.39, 0.29) is 18.5 Å². The Kier molecular flexibility index (Phi) is 5.86. The van der Waals surface area contributed by atoms with Crippen LogP contribution in [0.5, 0.6) is 0 Å². The predicted molar refractivity (Wildman–Crippen MR) is 87.8 cm³/mol. The lowest BCUT2D eigenvalue weighted by Crippen LogP contribution is -2.33. The first-order valence-electron chi connectivity index (χ1n) is 7.12. The minimum Gasteiger partial charge on any atom is -0.310 e. The minimum atomic E-state index is -0.119. The third-order valence-electron chi connectivity index (χ3n) is 3.34. The number of hydrogen-bond acceptors (Lipinski definition) is 4. The van der Waals surface area contributed by atoms with Crippen LogP contribution in [-0.4, -0.2) is 34.4 Å². The molecule has 2 aromatic rings. The zero-order valence-electron chi connectivity index (χ0n) is 12.7. The molecule has 2 aromatic heterocycles. The lowest BCUT2D eigenvalue weighted by Gasteiger charge is -2.25. The molecule has 5 nitrogen and oxygen atoms in total. The van der Waals surface area contributed by atoms with E-state index in [1.54, 1.807) is 18.3 Å². The second kappa shape index (κ2) is 7.87. The number of aromatic nitrogens is 2. The average Bonchev–Trinajstić information content (AvgIpc) is 2.51. The summed E-state index contributed by atoms with van der Waals surface area (Å²) in [5.41, 5.74) is 0.963. The smallest absolute Gasteiger partial charge is 0.239 e. The highest BCUT2D eigenvalue weighted by Crippen LogP contribution is 2.20. The van der Waals surface area contributed by atoms with Crippen LogP contribution in [-0.2, 0) is 4.79 Å². The van der Waals surface area contributed by atoms with E-state index in [0.29, 0.717) is 10.8 Å². The molecule has 0 fully saturated rings. The molecular formula is C16H19ClN4O. The van der Waals surface area contributed by atoms with Crippen LogP contribution < -0.4 is 5.32 Å². The van der Waals surface area contributed by atoms with Gasteiger partial charge in [-0.15, -0.1) is 0 Å². The van der Waals surface area contributed by atoms with Crippen molar-refractivity contribution in [3.63, 3.8) is 0 Å².